The zero-order valence-corrected chi connectivity index (χ0v) is 16.6. The summed E-state index contributed by atoms with van der Waals surface area (Å²) in [6, 6.07) is 0. The summed E-state index contributed by atoms with van der Waals surface area (Å²) in [6.07, 6.45) is -0.448. The van der Waals surface area contributed by atoms with Gasteiger partial charge in [0.15, 0.2) is 5.41 Å². The molecule has 0 amide bonds. The fraction of sp³-hybridized carbons (Fsp3) is 0.944. The molecule has 4 saturated carbocycles. The van der Waals surface area contributed by atoms with E-state index >= 15 is 0 Å². The second-order valence-electron chi connectivity index (χ2n) is 8.99. The highest BCUT2D eigenvalue weighted by Gasteiger charge is 2.67. The molecule has 0 aromatic rings. The Morgan fingerprint density at radius 1 is 1.19 bits per heavy atom. The van der Waals surface area contributed by atoms with Gasteiger partial charge in [0.25, 0.3) is 0 Å². The van der Waals surface area contributed by atoms with Crippen molar-refractivity contribution >= 4 is 29.5 Å². The normalized spacial score (nSPS) is 44.7. The third-order valence-corrected chi connectivity index (χ3v) is 11.1. The average molecular weight is 411 g/mol. The molecule has 5 rings (SSSR count). The SMILES string of the molecule is CC(C)(C(=O)OC12CC3CC(C1)C1(SCC(CO)S1)C(C3)C2)C(F)(F)F. The van der Waals surface area contributed by atoms with Gasteiger partial charge in [-0.2, -0.15) is 13.2 Å². The number of ether oxygens (including phenoxy) is 1. The Labute approximate surface area is 160 Å². The summed E-state index contributed by atoms with van der Waals surface area (Å²) in [5.41, 5.74) is -3.20. The van der Waals surface area contributed by atoms with Gasteiger partial charge in [-0.3, -0.25) is 4.79 Å². The van der Waals surface area contributed by atoms with Crippen molar-refractivity contribution in [3.8, 4) is 0 Å². The molecule has 0 aromatic heterocycles. The Balaban J connectivity index is 1.55. The first kappa shape index (κ1) is 19.2. The molecule has 26 heavy (non-hydrogen) atoms. The number of carbonyl (C=O) groups is 1. The van der Waals surface area contributed by atoms with Gasteiger partial charge in [0.1, 0.15) is 5.60 Å². The van der Waals surface area contributed by atoms with E-state index in [0.29, 0.717) is 37.0 Å². The number of halogens is 3. The summed E-state index contributed by atoms with van der Waals surface area (Å²) in [4.78, 5) is 12.4. The first-order valence-electron chi connectivity index (χ1n) is 9.24. The smallest absolute Gasteiger partial charge is 0.404 e. The first-order valence-corrected chi connectivity index (χ1v) is 11.1. The van der Waals surface area contributed by atoms with Crippen molar-refractivity contribution in [2.24, 2.45) is 23.2 Å². The van der Waals surface area contributed by atoms with Gasteiger partial charge in [0.2, 0.25) is 0 Å². The van der Waals surface area contributed by atoms with E-state index < -0.39 is 23.2 Å². The Morgan fingerprint density at radius 3 is 2.31 bits per heavy atom. The molecule has 1 heterocycles. The molecule has 0 aromatic carbocycles. The highest BCUT2D eigenvalue weighted by atomic mass is 32.2. The largest absolute Gasteiger partial charge is 0.458 e. The first-order chi connectivity index (χ1) is 12.0. The van der Waals surface area contributed by atoms with Crippen LogP contribution in [0.5, 0.6) is 0 Å². The van der Waals surface area contributed by atoms with Crippen LogP contribution in [0.2, 0.25) is 0 Å². The number of esters is 1. The average Bonchev–Trinajstić information content (AvgIpc) is 2.96. The van der Waals surface area contributed by atoms with Gasteiger partial charge in [0.05, 0.1) is 10.7 Å². The lowest BCUT2D eigenvalue weighted by atomic mass is 9.53. The van der Waals surface area contributed by atoms with Gasteiger partial charge in [-0.1, -0.05) is 0 Å². The van der Waals surface area contributed by atoms with Crippen LogP contribution < -0.4 is 0 Å². The Morgan fingerprint density at radius 2 is 1.81 bits per heavy atom. The van der Waals surface area contributed by atoms with E-state index in [4.69, 9.17) is 4.74 Å². The van der Waals surface area contributed by atoms with Crippen LogP contribution in [0.3, 0.4) is 0 Å². The molecule has 148 valence electrons. The lowest BCUT2D eigenvalue weighted by Crippen LogP contribution is -2.62. The molecule has 1 N–H and O–H groups in total. The second-order valence-corrected chi connectivity index (χ2v) is 12.1. The van der Waals surface area contributed by atoms with E-state index in [1.165, 1.54) is 0 Å². The summed E-state index contributed by atoms with van der Waals surface area (Å²) in [5.74, 6) is 0.923. The Kier molecular flexibility index (Phi) is 4.41. The van der Waals surface area contributed by atoms with E-state index in [2.05, 4.69) is 0 Å². The number of aliphatic hydroxyl groups excluding tert-OH is 1. The van der Waals surface area contributed by atoms with Crippen molar-refractivity contribution < 1.29 is 27.8 Å². The van der Waals surface area contributed by atoms with Gasteiger partial charge in [0, 0.05) is 11.0 Å². The number of hydrogen-bond acceptors (Lipinski definition) is 5. The predicted octanol–water partition coefficient (Wildman–Crippen LogP) is 4.23. The molecule has 3 unspecified atom stereocenters. The molecule has 5 aliphatic rings. The monoisotopic (exact) mass is 410 g/mol. The van der Waals surface area contributed by atoms with Crippen LogP contribution in [0.25, 0.3) is 0 Å². The maximum Gasteiger partial charge on any atom is 0.404 e. The summed E-state index contributed by atoms with van der Waals surface area (Å²) in [5, 5.41) is 9.77. The van der Waals surface area contributed by atoms with Crippen molar-refractivity contribution in [3.05, 3.63) is 0 Å². The number of carbonyl (C=O) groups excluding carboxylic acids is 1. The van der Waals surface area contributed by atoms with Crippen molar-refractivity contribution in [2.75, 3.05) is 12.4 Å². The van der Waals surface area contributed by atoms with E-state index in [-0.39, 0.29) is 15.9 Å². The van der Waals surface area contributed by atoms with Gasteiger partial charge >= 0.3 is 12.1 Å². The minimum absolute atomic E-state index is 0.0553. The number of alkyl halides is 3. The molecule has 4 bridgehead atoms. The topological polar surface area (TPSA) is 46.5 Å². The fourth-order valence-electron chi connectivity index (χ4n) is 5.49. The maximum atomic E-state index is 13.2. The zero-order valence-electron chi connectivity index (χ0n) is 15.0. The molecule has 5 fully saturated rings. The van der Waals surface area contributed by atoms with Crippen LogP contribution in [0, 0.1) is 23.2 Å². The maximum absolute atomic E-state index is 13.2. The fourth-order valence-corrected chi connectivity index (χ4v) is 9.57. The molecule has 8 heteroatoms. The van der Waals surface area contributed by atoms with Gasteiger partial charge < -0.3 is 9.84 Å². The Hall–Kier alpha value is -0.0800. The van der Waals surface area contributed by atoms with Crippen LogP contribution in [0.4, 0.5) is 13.2 Å². The van der Waals surface area contributed by atoms with E-state index in [0.717, 1.165) is 32.4 Å². The molecule has 0 radical (unpaired) electrons. The summed E-state index contributed by atoms with van der Waals surface area (Å²) >= 11 is 3.79. The number of hydrogen-bond donors (Lipinski definition) is 1. The third-order valence-electron chi connectivity index (χ3n) is 6.85. The van der Waals surface area contributed by atoms with E-state index in [1.807, 2.05) is 23.5 Å². The Bertz CT molecular complexity index is 591. The van der Waals surface area contributed by atoms with Crippen molar-refractivity contribution in [2.45, 2.75) is 67.1 Å². The number of aliphatic hydroxyl groups is 1. The third kappa shape index (κ3) is 2.72. The zero-order chi connectivity index (χ0) is 19.0. The molecule has 3 atom stereocenters. The van der Waals surface area contributed by atoms with Crippen LogP contribution in [-0.4, -0.2) is 44.5 Å². The molecule has 3 nitrogen and oxygen atoms in total. The molecule has 1 aliphatic heterocycles. The van der Waals surface area contributed by atoms with Crippen molar-refractivity contribution in [1.82, 2.24) is 0 Å². The summed E-state index contributed by atoms with van der Waals surface area (Å²) in [7, 11) is 0. The van der Waals surface area contributed by atoms with Crippen LogP contribution in [0.15, 0.2) is 0 Å². The molecular formula is C18H25F3O3S2. The second kappa shape index (κ2) is 5.96. The minimum Gasteiger partial charge on any atom is -0.458 e. The molecular weight excluding hydrogens is 385 g/mol. The minimum atomic E-state index is -4.61. The standard InChI is InChI=1S/C18H25F3O3S2/c1-15(2,18(19,20)21)14(23)24-16-5-10-3-11(6-16)17(12(4-10)7-16)25-9-13(8-22)26-17/h10-13,22H,3-9H2,1-2H3. The number of rotatable bonds is 3. The lowest BCUT2D eigenvalue weighted by Gasteiger charge is -2.63. The summed E-state index contributed by atoms with van der Waals surface area (Å²) < 4.78 is 45.4. The summed E-state index contributed by atoms with van der Waals surface area (Å²) in [6.45, 7) is 1.99. The van der Waals surface area contributed by atoms with Crippen molar-refractivity contribution in [3.63, 3.8) is 0 Å². The van der Waals surface area contributed by atoms with Crippen LogP contribution >= 0.6 is 23.5 Å². The van der Waals surface area contributed by atoms with Crippen molar-refractivity contribution in [1.29, 1.82) is 0 Å². The predicted molar refractivity (Wildman–Crippen MR) is 95.9 cm³/mol. The van der Waals surface area contributed by atoms with Gasteiger partial charge in [-0.25, -0.2) is 0 Å². The van der Waals surface area contributed by atoms with Gasteiger partial charge in [-0.15, -0.1) is 23.5 Å². The molecule has 1 spiro atoms. The molecule has 4 aliphatic carbocycles. The molecule has 1 saturated heterocycles. The quantitative estimate of drug-likeness (QED) is 0.706. The van der Waals surface area contributed by atoms with Gasteiger partial charge in [-0.05, 0) is 63.7 Å². The highest BCUT2D eigenvalue weighted by Crippen LogP contribution is 2.71. The number of thioether (sulfide) groups is 2. The highest BCUT2D eigenvalue weighted by molar-refractivity contribution is 8.21. The van der Waals surface area contributed by atoms with E-state index in [9.17, 15) is 23.1 Å². The lowest BCUT2D eigenvalue weighted by molar-refractivity contribution is -0.242. The van der Waals surface area contributed by atoms with E-state index in [1.54, 1.807) is 0 Å². The van der Waals surface area contributed by atoms with Crippen LogP contribution in [-0.2, 0) is 9.53 Å². The van der Waals surface area contributed by atoms with Crippen LogP contribution in [0.1, 0.15) is 46.0 Å².